The number of hydrogen-bond acceptors (Lipinski definition) is 19. The van der Waals surface area contributed by atoms with Crippen LogP contribution in [0.15, 0.2) is 0 Å². The van der Waals surface area contributed by atoms with Gasteiger partial charge in [-0.25, -0.2) is 14.4 Å². The number of aliphatic hydroxyl groups is 4. The van der Waals surface area contributed by atoms with Gasteiger partial charge in [0, 0.05) is 145 Å². The molecule has 0 aliphatic carbocycles. The van der Waals surface area contributed by atoms with Crippen LogP contribution >= 0.6 is 0 Å². The summed E-state index contributed by atoms with van der Waals surface area (Å²) in [6.07, 6.45) is -9.58. The number of carboxylic acid groups (broad SMARTS) is 12. The third-order valence-corrected chi connectivity index (χ3v) is 5.11. The molecule has 0 aromatic rings. The predicted molar refractivity (Wildman–Crippen MR) is 140 cm³/mol. The van der Waals surface area contributed by atoms with Gasteiger partial charge in [0.05, 0.1) is 44.5 Å². The second-order valence-corrected chi connectivity index (χ2v) is 9.85. The van der Waals surface area contributed by atoms with Crippen molar-refractivity contribution in [2.75, 3.05) is 0 Å². The van der Waals surface area contributed by atoms with E-state index in [-0.39, 0.29) is 120 Å². The summed E-state index contributed by atoms with van der Waals surface area (Å²) >= 11 is 0. The molecule has 0 radical (unpaired) electrons. The summed E-state index contributed by atoms with van der Waals surface area (Å²) < 4.78 is 0. The maximum absolute atomic E-state index is 10.3. The number of carbonyl (C=O) groups excluding carboxylic acids is 3. The van der Waals surface area contributed by atoms with E-state index in [1.165, 1.54) is 0 Å². The molecule has 0 amide bonds. The molecule has 0 aliphatic heterocycles. The van der Waals surface area contributed by atoms with Crippen LogP contribution in [0.4, 0.5) is 0 Å². The van der Waals surface area contributed by atoms with E-state index in [4.69, 9.17) is 66.4 Å². The maximum atomic E-state index is 10.3. The maximum Gasteiger partial charge on any atom is 0.336 e. The Morgan fingerprint density at radius 1 is 0.309 bits per heavy atom. The summed E-state index contributed by atoms with van der Waals surface area (Å²) in [6, 6.07) is 0. The molecule has 0 aromatic carbocycles. The van der Waals surface area contributed by atoms with E-state index in [0.29, 0.717) is 0 Å². The normalized spacial score (nSPS) is 12.0. The molecular formula is C24H29O28Th3-3. The molecule has 31 heteroatoms. The molecule has 0 fully saturated rings. The molecule has 2 unspecified atom stereocenters. The van der Waals surface area contributed by atoms with Crippen LogP contribution in [-0.4, -0.2) is 160 Å². The molecule has 28 nitrogen and oxygen atoms in total. The van der Waals surface area contributed by atoms with Gasteiger partial charge in [0.2, 0.25) is 0 Å². The summed E-state index contributed by atoms with van der Waals surface area (Å²) in [6.45, 7) is 0. The van der Waals surface area contributed by atoms with Crippen LogP contribution in [0.25, 0.3) is 0 Å². The summed E-state index contributed by atoms with van der Waals surface area (Å²) in [5.74, 6) is -21.0. The van der Waals surface area contributed by atoms with Gasteiger partial charge in [0.1, 0.15) is 5.60 Å². The fourth-order valence-electron chi connectivity index (χ4n) is 2.83. The van der Waals surface area contributed by atoms with Crippen molar-refractivity contribution in [3.05, 3.63) is 0 Å². The third kappa shape index (κ3) is 33.3. The van der Waals surface area contributed by atoms with Crippen molar-refractivity contribution in [2.45, 2.75) is 73.8 Å². The van der Waals surface area contributed by atoms with Gasteiger partial charge in [0.25, 0.3) is 0 Å². The van der Waals surface area contributed by atoms with Crippen molar-refractivity contribution in [3.8, 4) is 0 Å². The number of hydrogen-bond donors (Lipinski definition) is 13. The van der Waals surface area contributed by atoms with Crippen molar-refractivity contribution >= 4 is 71.6 Å². The van der Waals surface area contributed by atoms with E-state index in [1.807, 2.05) is 0 Å². The second-order valence-electron chi connectivity index (χ2n) is 9.85. The number of carbonyl (C=O) groups is 12. The van der Waals surface area contributed by atoms with Gasteiger partial charge >= 0.3 is 53.7 Å². The Morgan fingerprint density at radius 2 is 0.455 bits per heavy atom. The Bertz CT molecular complexity index is 1130. The van der Waals surface area contributed by atoms with Gasteiger partial charge in [-0.1, -0.05) is 0 Å². The minimum Gasteiger partial charge on any atom is -0.550 e. The van der Waals surface area contributed by atoms with E-state index in [9.17, 15) is 72.9 Å². The zero-order valence-electron chi connectivity index (χ0n) is 27.1. The van der Waals surface area contributed by atoms with E-state index >= 15 is 0 Å². The van der Waals surface area contributed by atoms with Gasteiger partial charge in [-0.3, -0.25) is 28.8 Å². The smallest absolute Gasteiger partial charge is 0.336 e. The number of carboxylic acids is 12. The van der Waals surface area contributed by atoms with Crippen LogP contribution < -0.4 is 15.3 Å². The van der Waals surface area contributed by atoms with Crippen molar-refractivity contribution in [1.82, 2.24) is 0 Å². The van der Waals surface area contributed by atoms with Crippen molar-refractivity contribution in [2.24, 2.45) is 0 Å². The summed E-state index contributed by atoms with van der Waals surface area (Å²) in [4.78, 5) is 121. The topological polar surface area (TPSA) is 537 Å². The minimum atomic E-state index is -2.91. The molecule has 0 bridgehead atoms. The van der Waals surface area contributed by atoms with E-state index in [2.05, 4.69) is 0 Å². The Morgan fingerprint density at radius 3 is 0.582 bits per heavy atom. The Hall–Kier alpha value is -2.55. The molecule has 0 saturated heterocycles. The van der Waals surface area contributed by atoms with Crippen molar-refractivity contribution in [3.63, 3.8) is 0 Å². The van der Waals surface area contributed by atoms with Crippen LogP contribution in [0.1, 0.15) is 51.4 Å². The molecule has 0 rings (SSSR count). The monoisotopic (exact) mass is 1460 g/mol. The van der Waals surface area contributed by atoms with Crippen LogP contribution in [0, 0.1) is 120 Å². The van der Waals surface area contributed by atoms with Gasteiger partial charge < -0.3 is 96.1 Å². The summed E-state index contributed by atoms with van der Waals surface area (Å²) in [7, 11) is 0. The minimum absolute atomic E-state index is 0. The Balaban J connectivity index is -0.000000110. The fourth-order valence-corrected chi connectivity index (χ4v) is 2.83. The van der Waals surface area contributed by atoms with Gasteiger partial charge in [-0.05, 0) is 0 Å². The Labute approximate surface area is 399 Å². The quantitative estimate of drug-likeness (QED) is 0.0538. The average molecular weight is 1460 g/mol. The standard InChI is InChI=1S/4C6H8O7.3Th/c4*7-3(8)1-6(13,5(11)12)2-4(9)10;;;/h4*13H,1-2H2,(H,7,8)(H,9,10)(H,11,12);;;/p-3. The largest absolute Gasteiger partial charge is 0.550 e. The van der Waals surface area contributed by atoms with E-state index < -0.39 is 145 Å². The molecule has 55 heavy (non-hydrogen) atoms. The second kappa shape index (κ2) is 30.6. The van der Waals surface area contributed by atoms with E-state index in [1.54, 1.807) is 0 Å². The number of aliphatic carboxylic acids is 12. The first-order valence-electron chi connectivity index (χ1n) is 12.6. The zero-order valence-corrected chi connectivity index (χ0v) is 39.4. The van der Waals surface area contributed by atoms with Crippen LogP contribution in [-0.2, 0) is 57.5 Å². The van der Waals surface area contributed by atoms with Crippen molar-refractivity contribution in [1.29, 1.82) is 0 Å². The first-order valence-corrected chi connectivity index (χ1v) is 12.6. The molecule has 2 atom stereocenters. The molecule has 0 saturated carbocycles. The zero-order chi connectivity index (χ0) is 42.6. The molecule has 13 N–H and O–H groups in total. The molecule has 0 heterocycles. The van der Waals surface area contributed by atoms with Crippen LogP contribution in [0.3, 0.4) is 0 Å². The molecular weight excluding hydrogens is 1430 g/mol. The number of rotatable bonds is 20. The predicted octanol–water partition coefficient (Wildman–Crippen LogP) is -9.00. The SMILES string of the molecule is O=C(O)CC(O)(CC(=O)O)C(=O)O.O=C(O)CC(O)(CC(=O)O)C(=O)O.O=C([O-])CC(O)(CC(=O)O)C(=O)O.O=C([O-])CC(O)(CC(=O)O)C(=O)[O-].[Th].[Th].[Th]. The average Bonchev–Trinajstić information content (AvgIpc) is 2.85. The molecule has 0 aliphatic rings. The summed E-state index contributed by atoms with van der Waals surface area (Å²) in [5, 5.41) is 140. The summed E-state index contributed by atoms with van der Waals surface area (Å²) in [5.41, 5.74) is -11.2. The van der Waals surface area contributed by atoms with Gasteiger partial charge in [-0.15, -0.1) is 0 Å². The fraction of sp³-hybridized carbons (Fsp3) is 0.500. The molecule has 0 spiro atoms. The van der Waals surface area contributed by atoms with Gasteiger partial charge in [-0.2, -0.15) is 0 Å². The molecule has 308 valence electrons. The molecule has 0 aromatic heterocycles. The van der Waals surface area contributed by atoms with E-state index in [0.717, 1.165) is 0 Å². The first-order chi connectivity index (χ1) is 23.1. The van der Waals surface area contributed by atoms with Crippen LogP contribution in [0.2, 0.25) is 0 Å². The Kier molecular flexibility index (Phi) is 37.4. The van der Waals surface area contributed by atoms with Crippen molar-refractivity contribution < 1.29 is 259 Å². The third-order valence-electron chi connectivity index (χ3n) is 5.11. The van der Waals surface area contributed by atoms with Gasteiger partial charge in [0.15, 0.2) is 16.8 Å². The van der Waals surface area contributed by atoms with Crippen LogP contribution in [0.5, 0.6) is 0 Å². The first kappa shape index (κ1) is 67.2.